The van der Waals surface area contributed by atoms with Crippen LogP contribution in [0.4, 0.5) is 0 Å². The minimum atomic E-state index is -0.434. The summed E-state index contributed by atoms with van der Waals surface area (Å²) < 4.78 is 6.12. The van der Waals surface area contributed by atoms with Gasteiger partial charge in [0.25, 0.3) is 0 Å². The van der Waals surface area contributed by atoms with E-state index in [1.807, 2.05) is 0 Å². The second kappa shape index (κ2) is 6.95. The molecule has 15 heavy (non-hydrogen) atoms. The molecule has 1 heterocycles. The molecule has 0 atom stereocenters. The molecule has 6 heteroatoms. The zero-order valence-electron chi connectivity index (χ0n) is 8.16. The number of primary amides is 1. The largest absolute Gasteiger partial charge is 0.370 e. The van der Waals surface area contributed by atoms with Crippen molar-refractivity contribution in [2.45, 2.75) is 6.54 Å². The Balaban J connectivity index is 2.00. The van der Waals surface area contributed by atoms with E-state index in [1.54, 1.807) is 11.3 Å². The Labute approximate surface area is 101 Å². The van der Waals surface area contributed by atoms with Crippen LogP contribution >= 0.6 is 27.3 Å². The molecule has 3 N–H and O–H groups in total. The number of ether oxygens (including phenoxy) is 1. The molecule has 1 amide bonds. The highest BCUT2D eigenvalue weighted by Gasteiger charge is 1.97. The van der Waals surface area contributed by atoms with E-state index in [1.165, 1.54) is 5.56 Å². The second-order valence-corrected chi connectivity index (χ2v) is 5.25. The van der Waals surface area contributed by atoms with Crippen LogP contribution in [0.1, 0.15) is 5.56 Å². The number of hydrogen-bond donors (Lipinski definition) is 2. The molecule has 0 fully saturated rings. The summed E-state index contributed by atoms with van der Waals surface area (Å²) in [6.45, 7) is 2.00. The summed E-state index contributed by atoms with van der Waals surface area (Å²) in [6.07, 6.45) is 0. The molecule has 0 saturated heterocycles. The van der Waals surface area contributed by atoms with Crippen LogP contribution in [0, 0.1) is 0 Å². The van der Waals surface area contributed by atoms with Crippen LogP contribution in [0.3, 0.4) is 0 Å². The van der Waals surface area contributed by atoms with Gasteiger partial charge in [-0.1, -0.05) is 0 Å². The van der Waals surface area contributed by atoms with Crippen molar-refractivity contribution in [3.63, 3.8) is 0 Å². The predicted octanol–water partition coefficient (Wildman–Crippen LogP) is 1.10. The lowest BCUT2D eigenvalue weighted by molar-refractivity contribution is -0.122. The molecule has 0 radical (unpaired) electrons. The molecule has 0 aliphatic heterocycles. The molecule has 0 aliphatic rings. The van der Waals surface area contributed by atoms with Crippen molar-refractivity contribution < 1.29 is 9.53 Å². The van der Waals surface area contributed by atoms with Crippen molar-refractivity contribution >= 4 is 33.2 Å². The van der Waals surface area contributed by atoms with Gasteiger partial charge in [-0.2, -0.15) is 0 Å². The number of hydrogen-bond acceptors (Lipinski definition) is 4. The van der Waals surface area contributed by atoms with Crippen molar-refractivity contribution in [2.24, 2.45) is 5.73 Å². The number of nitrogens with one attached hydrogen (secondary N) is 1. The lowest BCUT2D eigenvalue weighted by Gasteiger charge is -2.03. The first-order chi connectivity index (χ1) is 7.18. The lowest BCUT2D eigenvalue weighted by atomic mass is 10.3. The van der Waals surface area contributed by atoms with Gasteiger partial charge in [0.2, 0.25) is 5.91 Å². The topological polar surface area (TPSA) is 64.4 Å². The highest BCUT2D eigenvalue weighted by molar-refractivity contribution is 9.11. The fourth-order valence-corrected chi connectivity index (χ4v) is 2.20. The van der Waals surface area contributed by atoms with E-state index in [0.29, 0.717) is 13.2 Å². The summed E-state index contributed by atoms with van der Waals surface area (Å²) in [5, 5.41) is 5.28. The summed E-state index contributed by atoms with van der Waals surface area (Å²) in [5.41, 5.74) is 6.15. The zero-order valence-corrected chi connectivity index (χ0v) is 10.6. The van der Waals surface area contributed by atoms with E-state index in [9.17, 15) is 4.79 Å². The Bertz CT molecular complexity index is 317. The number of nitrogens with two attached hydrogens (primary N) is 1. The van der Waals surface area contributed by atoms with Crippen LogP contribution in [0.15, 0.2) is 15.2 Å². The average Bonchev–Trinajstić information content (AvgIpc) is 2.57. The van der Waals surface area contributed by atoms with Gasteiger partial charge in [-0.05, 0) is 32.9 Å². The number of carbonyl (C=O) groups is 1. The van der Waals surface area contributed by atoms with Crippen LogP contribution in [-0.2, 0) is 16.1 Å². The third kappa shape index (κ3) is 5.88. The Hall–Kier alpha value is -0.430. The van der Waals surface area contributed by atoms with Crippen LogP contribution in [0.25, 0.3) is 0 Å². The first-order valence-corrected chi connectivity index (χ1v) is 6.15. The molecule has 0 aliphatic carbocycles. The minimum Gasteiger partial charge on any atom is -0.370 e. The average molecular weight is 293 g/mol. The molecule has 0 saturated carbocycles. The fourth-order valence-electron chi connectivity index (χ4n) is 0.988. The van der Waals surface area contributed by atoms with Crippen LogP contribution in [-0.4, -0.2) is 25.7 Å². The molecular formula is C9H13BrN2O2S. The quantitative estimate of drug-likeness (QED) is 0.740. The standard InChI is InChI=1S/C9H13BrN2O2S/c10-8-3-7(6-15-8)4-12-1-2-14-5-9(11)13/h3,6,12H,1-2,4-5H2,(H2,11,13). The highest BCUT2D eigenvalue weighted by atomic mass is 79.9. The van der Waals surface area contributed by atoms with Crippen LogP contribution in [0.5, 0.6) is 0 Å². The van der Waals surface area contributed by atoms with E-state index in [-0.39, 0.29) is 6.61 Å². The summed E-state index contributed by atoms with van der Waals surface area (Å²) in [7, 11) is 0. The molecular weight excluding hydrogens is 280 g/mol. The molecule has 0 aromatic carbocycles. The van der Waals surface area contributed by atoms with Crippen molar-refractivity contribution in [1.82, 2.24) is 5.32 Å². The highest BCUT2D eigenvalue weighted by Crippen LogP contribution is 2.20. The molecule has 0 unspecified atom stereocenters. The summed E-state index contributed by atoms with van der Waals surface area (Å²) >= 11 is 5.06. The van der Waals surface area contributed by atoms with Gasteiger partial charge in [-0.3, -0.25) is 4.79 Å². The van der Waals surface area contributed by atoms with E-state index < -0.39 is 5.91 Å². The van der Waals surface area contributed by atoms with Crippen LogP contribution in [0.2, 0.25) is 0 Å². The van der Waals surface area contributed by atoms with Gasteiger partial charge in [0, 0.05) is 13.1 Å². The van der Waals surface area contributed by atoms with Gasteiger partial charge in [0.1, 0.15) is 6.61 Å². The molecule has 1 aromatic heterocycles. The maximum absolute atomic E-state index is 10.3. The predicted molar refractivity (Wildman–Crippen MR) is 63.7 cm³/mol. The van der Waals surface area contributed by atoms with E-state index >= 15 is 0 Å². The SMILES string of the molecule is NC(=O)COCCNCc1csc(Br)c1. The molecule has 84 valence electrons. The van der Waals surface area contributed by atoms with Gasteiger partial charge < -0.3 is 15.8 Å². The molecule has 1 rings (SSSR count). The third-order valence-corrected chi connectivity index (χ3v) is 3.17. The first-order valence-electron chi connectivity index (χ1n) is 4.48. The second-order valence-electron chi connectivity index (χ2n) is 2.95. The third-order valence-electron chi connectivity index (χ3n) is 1.62. The first kappa shape index (κ1) is 12.6. The van der Waals surface area contributed by atoms with Crippen molar-refractivity contribution in [3.8, 4) is 0 Å². The monoisotopic (exact) mass is 292 g/mol. The normalized spacial score (nSPS) is 10.5. The smallest absolute Gasteiger partial charge is 0.243 e. The summed E-state index contributed by atoms with van der Waals surface area (Å²) in [4.78, 5) is 10.3. The fraction of sp³-hybridized carbons (Fsp3) is 0.444. The van der Waals surface area contributed by atoms with Gasteiger partial charge in [0.15, 0.2) is 0 Å². The zero-order chi connectivity index (χ0) is 11.1. The summed E-state index contributed by atoms with van der Waals surface area (Å²) in [6, 6.07) is 2.07. The van der Waals surface area contributed by atoms with Crippen LogP contribution < -0.4 is 11.1 Å². The maximum atomic E-state index is 10.3. The maximum Gasteiger partial charge on any atom is 0.243 e. The number of thiophene rings is 1. The number of amides is 1. The molecule has 4 nitrogen and oxygen atoms in total. The van der Waals surface area contributed by atoms with E-state index in [0.717, 1.165) is 10.3 Å². The van der Waals surface area contributed by atoms with E-state index in [4.69, 9.17) is 10.5 Å². The number of halogens is 1. The summed E-state index contributed by atoms with van der Waals surface area (Å²) in [5.74, 6) is -0.434. The Kier molecular flexibility index (Phi) is 5.85. The van der Waals surface area contributed by atoms with Gasteiger partial charge in [0.05, 0.1) is 10.4 Å². The van der Waals surface area contributed by atoms with Gasteiger partial charge >= 0.3 is 0 Å². The Morgan fingerprint density at radius 1 is 1.67 bits per heavy atom. The van der Waals surface area contributed by atoms with E-state index in [2.05, 4.69) is 32.7 Å². The van der Waals surface area contributed by atoms with Gasteiger partial charge in [-0.25, -0.2) is 0 Å². The molecule has 0 bridgehead atoms. The Morgan fingerprint density at radius 2 is 2.47 bits per heavy atom. The molecule has 1 aromatic rings. The number of carbonyl (C=O) groups excluding carboxylic acids is 1. The Morgan fingerprint density at radius 3 is 3.07 bits per heavy atom. The number of rotatable bonds is 7. The van der Waals surface area contributed by atoms with Crippen molar-refractivity contribution in [3.05, 3.63) is 20.8 Å². The van der Waals surface area contributed by atoms with Crippen molar-refractivity contribution in [2.75, 3.05) is 19.8 Å². The lowest BCUT2D eigenvalue weighted by Crippen LogP contribution is -2.23. The van der Waals surface area contributed by atoms with Crippen molar-refractivity contribution in [1.29, 1.82) is 0 Å². The van der Waals surface area contributed by atoms with Gasteiger partial charge in [-0.15, -0.1) is 11.3 Å². The molecule has 0 spiro atoms. The minimum absolute atomic E-state index is 0.00825.